The molecule has 0 atom stereocenters. The first kappa shape index (κ1) is 21.3. The van der Waals surface area contributed by atoms with Gasteiger partial charge in [0.05, 0.1) is 0 Å². The molecular formula is K2O9S2. The molecular weight excluding hydrogens is 286 g/mol. The fourth-order valence-corrected chi connectivity index (χ4v) is 0.306. The van der Waals surface area contributed by atoms with Gasteiger partial charge in [-0.05, 0) is 5.04 Å². The number of rotatable bonds is 4. The van der Waals surface area contributed by atoms with Gasteiger partial charge < -0.3 is 9.11 Å². The molecule has 0 aliphatic carbocycles. The van der Waals surface area contributed by atoms with E-state index in [0.29, 0.717) is 0 Å². The van der Waals surface area contributed by atoms with Crippen molar-refractivity contribution in [1.82, 2.24) is 0 Å². The molecule has 0 unspecified atom stereocenters. The SMILES string of the molecule is O=S(=O)([O-])OOOS(=O)(=O)[O-].[K+].[K+]. The van der Waals surface area contributed by atoms with Crippen LogP contribution in [0.1, 0.15) is 0 Å². The minimum atomic E-state index is -5.25. The molecule has 0 fully saturated rings. The second-order valence-electron chi connectivity index (χ2n) is 1.02. The van der Waals surface area contributed by atoms with Gasteiger partial charge in [0.2, 0.25) is 20.8 Å². The van der Waals surface area contributed by atoms with Crippen LogP contribution in [0.25, 0.3) is 0 Å². The molecule has 13 heavy (non-hydrogen) atoms. The second-order valence-corrected chi connectivity index (χ2v) is 2.93. The van der Waals surface area contributed by atoms with Crippen LogP contribution in [0.15, 0.2) is 0 Å². The maximum absolute atomic E-state index is 9.44. The first-order valence-electron chi connectivity index (χ1n) is 1.67. The van der Waals surface area contributed by atoms with Crippen LogP contribution in [0.5, 0.6) is 0 Å². The molecule has 9 nitrogen and oxygen atoms in total. The predicted molar refractivity (Wildman–Crippen MR) is 22.6 cm³/mol. The molecule has 0 aromatic heterocycles. The third kappa shape index (κ3) is 20.9. The first-order chi connectivity index (χ1) is 4.71. The first-order valence-corrected chi connectivity index (χ1v) is 4.33. The Morgan fingerprint density at radius 3 is 1.15 bits per heavy atom. The molecule has 0 spiro atoms. The van der Waals surface area contributed by atoms with Crippen molar-refractivity contribution in [2.45, 2.75) is 0 Å². The summed E-state index contributed by atoms with van der Waals surface area (Å²) in [5, 5.41) is 2.76. The molecule has 0 aliphatic heterocycles. The fraction of sp³-hybridized carbons (Fsp3) is 0. The maximum Gasteiger partial charge on any atom is 1.00 e. The normalized spacial score (nSPS) is 11.2. The van der Waals surface area contributed by atoms with E-state index in [1.165, 1.54) is 0 Å². The average Bonchev–Trinajstić information content (AvgIpc) is 1.55. The van der Waals surface area contributed by atoms with Gasteiger partial charge in [-0.3, -0.25) is 0 Å². The molecule has 0 aromatic carbocycles. The van der Waals surface area contributed by atoms with Crippen molar-refractivity contribution in [3.63, 3.8) is 0 Å². The van der Waals surface area contributed by atoms with Crippen molar-refractivity contribution >= 4 is 20.8 Å². The van der Waals surface area contributed by atoms with Gasteiger partial charge in [-0.1, -0.05) is 8.67 Å². The zero-order chi connectivity index (χ0) is 9.12. The van der Waals surface area contributed by atoms with Crippen LogP contribution in [-0.2, 0) is 34.5 Å². The Balaban J connectivity index is -0.000000500. The Hall–Kier alpha value is 2.97. The molecule has 0 bridgehead atoms. The van der Waals surface area contributed by atoms with Gasteiger partial charge in [-0.25, -0.2) is 16.8 Å². The molecule has 0 rings (SSSR count). The Kier molecular flexibility index (Phi) is 14.8. The molecule has 0 saturated carbocycles. The Bertz CT molecular complexity index is 265. The van der Waals surface area contributed by atoms with Crippen LogP contribution in [0, 0.1) is 0 Å². The molecule has 68 valence electrons. The van der Waals surface area contributed by atoms with E-state index in [1.807, 2.05) is 0 Å². The Labute approximate surface area is 159 Å². The summed E-state index contributed by atoms with van der Waals surface area (Å²) in [5.41, 5.74) is 0. The van der Waals surface area contributed by atoms with Gasteiger partial charge in [0.1, 0.15) is 0 Å². The van der Waals surface area contributed by atoms with Crippen LogP contribution in [0.2, 0.25) is 0 Å². The van der Waals surface area contributed by atoms with Crippen molar-refractivity contribution in [2.75, 3.05) is 0 Å². The molecule has 0 aliphatic rings. The van der Waals surface area contributed by atoms with E-state index in [4.69, 9.17) is 0 Å². The van der Waals surface area contributed by atoms with E-state index >= 15 is 0 Å². The zero-order valence-electron chi connectivity index (χ0n) is 6.49. The summed E-state index contributed by atoms with van der Waals surface area (Å²) in [5.74, 6) is 0. The summed E-state index contributed by atoms with van der Waals surface area (Å²) in [6.07, 6.45) is 0. The van der Waals surface area contributed by atoms with E-state index in [0.717, 1.165) is 0 Å². The maximum atomic E-state index is 9.44. The second kappa shape index (κ2) is 9.05. The van der Waals surface area contributed by atoms with Crippen molar-refractivity contribution in [1.29, 1.82) is 0 Å². The Morgan fingerprint density at radius 2 is 1.00 bits per heavy atom. The van der Waals surface area contributed by atoms with Gasteiger partial charge >= 0.3 is 103 Å². The van der Waals surface area contributed by atoms with Gasteiger partial charge in [-0.15, -0.1) is 0 Å². The van der Waals surface area contributed by atoms with Gasteiger partial charge in [0, 0.05) is 0 Å². The molecule has 0 aromatic rings. The van der Waals surface area contributed by atoms with E-state index in [1.54, 1.807) is 0 Å². The van der Waals surface area contributed by atoms with E-state index in [9.17, 15) is 25.9 Å². The molecule has 0 N–H and O–H groups in total. The number of hydrogen-bond donors (Lipinski definition) is 0. The van der Waals surface area contributed by atoms with Crippen LogP contribution in [-0.4, -0.2) is 25.9 Å². The summed E-state index contributed by atoms with van der Waals surface area (Å²) in [4.78, 5) is 0. The third-order valence-corrected chi connectivity index (χ3v) is 0.667. The van der Waals surface area contributed by atoms with E-state index < -0.39 is 20.8 Å². The van der Waals surface area contributed by atoms with Crippen LogP contribution in [0.4, 0.5) is 0 Å². The van der Waals surface area contributed by atoms with E-state index in [-0.39, 0.29) is 103 Å². The number of hydrogen-bond acceptors (Lipinski definition) is 9. The molecule has 13 heteroatoms. The summed E-state index contributed by atoms with van der Waals surface area (Å²) in [6, 6.07) is 0. The topological polar surface area (TPSA) is 142 Å². The minimum Gasteiger partial charge on any atom is -0.724 e. The summed E-state index contributed by atoms with van der Waals surface area (Å²) < 4.78 is 62.1. The molecule has 0 saturated heterocycles. The molecule has 0 amide bonds. The van der Waals surface area contributed by atoms with Gasteiger partial charge in [0.25, 0.3) is 0 Å². The quantitative estimate of drug-likeness (QED) is 0.162. The van der Waals surface area contributed by atoms with Crippen molar-refractivity contribution in [3.05, 3.63) is 0 Å². The van der Waals surface area contributed by atoms with Crippen LogP contribution < -0.4 is 103 Å². The van der Waals surface area contributed by atoms with Crippen molar-refractivity contribution in [3.8, 4) is 0 Å². The van der Waals surface area contributed by atoms with Crippen molar-refractivity contribution < 1.29 is 142 Å². The summed E-state index contributed by atoms with van der Waals surface area (Å²) >= 11 is 0. The Morgan fingerprint density at radius 1 is 0.769 bits per heavy atom. The largest absolute Gasteiger partial charge is 1.00 e. The third-order valence-electron chi connectivity index (χ3n) is 0.222. The van der Waals surface area contributed by atoms with Gasteiger partial charge in [-0.2, -0.15) is 0 Å². The summed E-state index contributed by atoms with van der Waals surface area (Å²) in [7, 11) is -10.5. The van der Waals surface area contributed by atoms with Crippen LogP contribution >= 0.6 is 0 Å². The summed E-state index contributed by atoms with van der Waals surface area (Å²) in [6.45, 7) is 0. The van der Waals surface area contributed by atoms with Crippen LogP contribution in [0.3, 0.4) is 0 Å². The monoisotopic (exact) mass is 286 g/mol. The standard InChI is InChI=1S/2K.H2O9S2/c;;1-10(2,3)8-7-9-11(4,5)6/h;;(H,1,2,3)(H,4,5,6)/q2*+1;/p-2. The fourth-order valence-electron chi connectivity index (χ4n) is 0.0794. The predicted octanol–water partition coefficient (Wildman–Crippen LogP) is -8.21. The van der Waals surface area contributed by atoms with Gasteiger partial charge in [0.15, 0.2) is 0 Å². The van der Waals surface area contributed by atoms with Crippen molar-refractivity contribution in [2.24, 2.45) is 0 Å². The molecule has 0 radical (unpaired) electrons. The average molecular weight is 286 g/mol. The minimum absolute atomic E-state index is 0. The van der Waals surface area contributed by atoms with E-state index in [2.05, 4.69) is 13.7 Å². The zero-order valence-corrected chi connectivity index (χ0v) is 14.4. The smallest absolute Gasteiger partial charge is 0.724 e. The molecule has 0 heterocycles.